The second kappa shape index (κ2) is 1.53. The summed E-state index contributed by atoms with van der Waals surface area (Å²) in [7, 11) is 0. The molecule has 0 aromatic heterocycles. The molecule has 1 fully saturated rings. The summed E-state index contributed by atoms with van der Waals surface area (Å²) in [5, 5.41) is 8.63. The quantitative estimate of drug-likeness (QED) is 0.569. The zero-order valence-electron chi connectivity index (χ0n) is 4.62. The predicted molar refractivity (Wildman–Crippen MR) is 34.2 cm³/mol. The van der Waals surface area contributed by atoms with Crippen molar-refractivity contribution in [2.75, 3.05) is 6.61 Å². The first-order valence-electron chi connectivity index (χ1n) is 2.50. The Kier molecular flexibility index (Phi) is 1.27. The van der Waals surface area contributed by atoms with Gasteiger partial charge in [-0.3, -0.25) is 0 Å². The maximum Gasteiger partial charge on any atom is 0.126 e. The monoisotopic (exact) mass is 154 g/mol. The van der Waals surface area contributed by atoms with Crippen molar-refractivity contribution in [3.63, 3.8) is 0 Å². The van der Waals surface area contributed by atoms with Crippen LogP contribution in [0.3, 0.4) is 0 Å². The van der Waals surface area contributed by atoms with Gasteiger partial charge < -0.3 is 5.11 Å². The highest BCUT2D eigenvalue weighted by atomic mass is 35.5. The van der Waals surface area contributed by atoms with E-state index in [4.69, 9.17) is 28.3 Å². The molecule has 0 amide bonds. The Hall–Kier alpha value is 0.540. The maximum absolute atomic E-state index is 8.63. The Labute approximate surface area is 58.6 Å². The highest BCUT2D eigenvalue weighted by molar-refractivity contribution is 6.51. The third-order valence-electron chi connectivity index (χ3n) is 1.72. The normalized spacial score (nSPS) is 42.0. The number of aliphatic hydroxyl groups excluding tert-OH is 1. The van der Waals surface area contributed by atoms with Crippen molar-refractivity contribution in [3.05, 3.63) is 0 Å². The van der Waals surface area contributed by atoms with Gasteiger partial charge in [-0.25, -0.2) is 0 Å². The molecular weight excluding hydrogens is 147 g/mol. The van der Waals surface area contributed by atoms with E-state index in [0.29, 0.717) is 6.42 Å². The summed E-state index contributed by atoms with van der Waals surface area (Å²) in [5.74, 6) is 0. The average molecular weight is 155 g/mol. The number of alkyl halides is 2. The first-order valence-corrected chi connectivity index (χ1v) is 3.26. The zero-order chi connectivity index (χ0) is 6.41. The standard InChI is InChI=1S/C5H8Cl2O/c1-4(3-8)2-5(4,6)7/h8H,2-3H2,1H3. The molecule has 0 aromatic carbocycles. The van der Waals surface area contributed by atoms with Gasteiger partial charge in [-0.15, -0.1) is 23.2 Å². The second-order valence-electron chi connectivity index (χ2n) is 2.60. The minimum absolute atomic E-state index is 0.0833. The lowest BCUT2D eigenvalue weighted by atomic mass is 10.2. The van der Waals surface area contributed by atoms with Crippen molar-refractivity contribution in [1.82, 2.24) is 0 Å². The zero-order valence-corrected chi connectivity index (χ0v) is 6.13. The van der Waals surface area contributed by atoms with Crippen molar-refractivity contribution in [3.8, 4) is 0 Å². The van der Waals surface area contributed by atoms with Crippen LogP contribution in [-0.4, -0.2) is 16.0 Å². The van der Waals surface area contributed by atoms with Crippen LogP contribution < -0.4 is 0 Å². The molecule has 1 N–H and O–H groups in total. The molecule has 1 nitrogen and oxygen atoms in total. The summed E-state index contributed by atoms with van der Waals surface area (Å²) in [6.45, 7) is 1.95. The fourth-order valence-corrected chi connectivity index (χ4v) is 1.33. The molecule has 8 heavy (non-hydrogen) atoms. The third kappa shape index (κ3) is 0.734. The van der Waals surface area contributed by atoms with E-state index in [0.717, 1.165) is 0 Å². The maximum atomic E-state index is 8.63. The van der Waals surface area contributed by atoms with E-state index in [1.54, 1.807) is 0 Å². The molecule has 1 aliphatic carbocycles. The summed E-state index contributed by atoms with van der Waals surface area (Å²) in [5.41, 5.74) is -0.226. The molecular formula is C5H8Cl2O. The predicted octanol–water partition coefficient (Wildman–Crippen LogP) is 1.56. The summed E-state index contributed by atoms with van der Waals surface area (Å²) in [6.07, 6.45) is 0.708. The topological polar surface area (TPSA) is 20.2 Å². The summed E-state index contributed by atoms with van der Waals surface area (Å²) in [6, 6.07) is 0. The van der Waals surface area contributed by atoms with E-state index < -0.39 is 4.33 Å². The van der Waals surface area contributed by atoms with Gasteiger partial charge in [0.1, 0.15) is 4.33 Å². The number of hydrogen-bond acceptors (Lipinski definition) is 1. The number of aliphatic hydroxyl groups is 1. The lowest BCUT2D eigenvalue weighted by Crippen LogP contribution is -2.08. The number of hydrogen-bond donors (Lipinski definition) is 1. The highest BCUT2D eigenvalue weighted by Crippen LogP contribution is 2.63. The fraction of sp³-hybridized carbons (Fsp3) is 1.00. The van der Waals surface area contributed by atoms with E-state index in [9.17, 15) is 0 Å². The van der Waals surface area contributed by atoms with Crippen molar-refractivity contribution in [2.24, 2.45) is 5.41 Å². The van der Waals surface area contributed by atoms with Crippen molar-refractivity contribution < 1.29 is 5.11 Å². The summed E-state index contributed by atoms with van der Waals surface area (Å²) >= 11 is 11.3. The Morgan fingerprint density at radius 2 is 2.00 bits per heavy atom. The van der Waals surface area contributed by atoms with E-state index in [-0.39, 0.29) is 12.0 Å². The van der Waals surface area contributed by atoms with Gasteiger partial charge in [-0.05, 0) is 6.42 Å². The van der Waals surface area contributed by atoms with E-state index >= 15 is 0 Å². The van der Waals surface area contributed by atoms with Gasteiger partial charge in [-0.2, -0.15) is 0 Å². The van der Waals surface area contributed by atoms with Crippen LogP contribution in [0.1, 0.15) is 13.3 Å². The molecule has 1 unspecified atom stereocenters. The van der Waals surface area contributed by atoms with Crippen LogP contribution in [-0.2, 0) is 0 Å². The first-order chi connectivity index (χ1) is 3.52. The molecule has 1 aliphatic rings. The van der Waals surface area contributed by atoms with Gasteiger partial charge in [0, 0.05) is 5.41 Å². The van der Waals surface area contributed by atoms with Gasteiger partial charge in [0.25, 0.3) is 0 Å². The minimum atomic E-state index is -0.651. The minimum Gasteiger partial charge on any atom is -0.396 e. The van der Waals surface area contributed by atoms with Crippen LogP contribution in [0, 0.1) is 5.41 Å². The summed E-state index contributed by atoms with van der Waals surface area (Å²) in [4.78, 5) is 0. The van der Waals surface area contributed by atoms with Gasteiger partial charge in [0.05, 0.1) is 6.61 Å². The van der Waals surface area contributed by atoms with Crippen LogP contribution in [0.15, 0.2) is 0 Å². The van der Waals surface area contributed by atoms with Gasteiger partial charge in [-0.1, -0.05) is 6.92 Å². The van der Waals surface area contributed by atoms with Gasteiger partial charge in [0.2, 0.25) is 0 Å². The van der Waals surface area contributed by atoms with E-state index in [1.807, 2.05) is 6.92 Å². The fourth-order valence-electron chi connectivity index (χ4n) is 0.617. The Balaban J connectivity index is 2.55. The molecule has 0 radical (unpaired) electrons. The lowest BCUT2D eigenvalue weighted by molar-refractivity contribution is 0.222. The smallest absolute Gasteiger partial charge is 0.126 e. The Morgan fingerprint density at radius 3 is 2.00 bits per heavy atom. The molecule has 0 bridgehead atoms. The molecule has 0 heterocycles. The van der Waals surface area contributed by atoms with E-state index in [1.165, 1.54) is 0 Å². The van der Waals surface area contributed by atoms with Crippen LogP contribution >= 0.6 is 23.2 Å². The van der Waals surface area contributed by atoms with Gasteiger partial charge >= 0.3 is 0 Å². The average Bonchev–Trinajstić information content (AvgIpc) is 2.10. The third-order valence-corrected chi connectivity index (χ3v) is 2.90. The van der Waals surface area contributed by atoms with Crippen molar-refractivity contribution >= 4 is 23.2 Å². The van der Waals surface area contributed by atoms with Crippen LogP contribution in [0.25, 0.3) is 0 Å². The molecule has 0 spiro atoms. The van der Waals surface area contributed by atoms with Crippen molar-refractivity contribution in [1.29, 1.82) is 0 Å². The molecule has 0 saturated heterocycles. The largest absolute Gasteiger partial charge is 0.396 e. The molecule has 48 valence electrons. The van der Waals surface area contributed by atoms with Crippen LogP contribution in [0.2, 0.25) is 0 Å². The molecule has 1 saturated carbocycles. The first kappa shape index (κ1) is 6.66. The Morgan fingerprint density at radius 1 is 1.62 bits per heavy atom. The highest BCUT2D eigenvalue weighted by Gasteiger charge is 2.62. The number of halogens is 2. The number of rotatable bonds is 1. The van der Waals surface area contributed by atoms with Crippen LogP contribution in [0.4, 0.5) is 0 Å². The molecule has 3 heteroatoms. The van der Waals surface area contributed by atoms with Crippen LogP contribution in [0.5, 0.6) is 0 Å². The SMILES string of the molecule is CC1(CO)CC1(Cl)Cl. The van der Waals surface area contributed by atoms with Gasteiger partial charge in [0.15, 0.2) is 0 Å². The molecule has 1 atom stereocenters. The molecule has 1 rings (SSSR count). The lowest BCUT2D eigenvalue weighted by Gasteiger charge is -2.04. The van der Waals surface area contributed by atoms with Crippen molar-refractivity contribution in [2.45, 2.75) is 17.7 Å². The second-order valence-corrected chi connectivity index (χ2v) is 4.08. The molecule has 0 aliphatic heterocycles. The summed E-state index contributed by atoms with van der Waals surface area (Å²) < 4.78 is -0.651. The Bertz CT molecular complexity index is 113. The molecule has 0 aromatic rings. The van der Waals surface area contributed by atoms with E-state index in [2.05, 4.69) is 0 Å².